The molecule has 1 aliphatic heterocycles. The first-order valence-electron chi connectivity index (χ1n) is 6.60. The summed E-state index contributed by atoms with van der Waals surface area (Å²) in [5.74, 6) is 0.108. The molecule has 1 aromatic carbocycles. The van der Waals surface area contributed by atoms with Crippen molar-refractivity contribution in [1.82, 2.24) is 4.98 Å². The van der Waals surface area contributed by atoms with Gasteiger partial charge in [-0.15, -0.1) is 0 Å². The summed E-state index contributed by atoms with van der Waals surface area (Å²) in [4.78, 5) is 29.3. The van der Waals surface area contributed by atoms with E-state index >= 15 is 0 Å². The molecule has 0 radical (unpaired) electrons. The lowest BCUT2D eigenvalue weighted by Crippen LogP contribution is -2.43. The molecule has 0 saturated carbocycles. The molecule has 0 fully saturated rings. The summed E-state index contributed by atoms with van der Waals surface area (Å²) in [5.41, 5.74) is 0.368. The number of phenols is 1. The fourth-order valence-corrected chi connectivity index (χ4v) is 2.13. The van der Waals surface area contributed by atoms with E-state index in [0.29, 0.717) is 17.3 Å². The van der Waals surface area contributed by atoms with Gasteiger partial charge in [0, 0.05) is 12.3 Å². The number of benzene rings is 1. The molecule has 2 amide bonds. The molecule has 2 aromatic rings. The molecule has 7 nitrogen and oxygen atoms in total. The fraction of sp³-hybridized carbons (Fsp3) is 0.133. The van der Waals surface area contributed by atoms with Crippen LogP contribution < -0.4 is 15.0 Å². The van der Waals surface area contributed by atoms with Crippen molar-refractivity contribution in [3.8, 4) is 11.5 Å². The molecule has 0 aliphatic carbocycles. The highest BCUT2D eigenvalue weighted by Crippen LogP contribution is 2.34. The Morgan fingerprint density at radius 2 is 2.23 bits per heavy atom. The van der Waals surface area contributed by atoms with Crippen LogP contribution in [-0.4, -0.2) is 35.1 Å². The van der Waals surface area contributed by atoms with E-state index in [0.717, 1.165) is 0 Å². The first-order valence-corrected chi connectivity index (χ1v) is 6.60. The van der Waals surface area contributed by atoms with Gasteiger partial charge in [-0.2, -0.15) is 0 Å². The zero-order valence-electron chi connectivity index (χ0n) is 11.5. The predicted molar refractivity (Wildman–Crippen MR) is 78.8 cm³/mol. The standard InChI is InChI=1S/C15H13N3O4/c19-10-4-5-12-11(7-10)18(15(21)9-22-12)8-14(20)17-13-3-1-2-6-16-13/h1-7,19H,8-9H2,(H,16,17,20). The van der Waals surface area contributed by atoms with Crippen molar-refractivity contribution in [2.75, 3.05) is 23.4 Å². The molecule has 2 heterocycles. The van der Waals surface area contributed by atoms with Gasteiger partial charge in [-0.05, 0) is 24.3 Å². The number of ether oxygens (including phenoxy) is 1. The van der Waals surface area contributed by atoms with E-state index < -0.39 is 0 Å². The van der Waals surface area contributed by atoms with Crippen LogP contribution >= 0.6 is 0 Å². The maximum Gasteiger partial charge on any atom is 0.265 e. The number of aromatic nitrogens is 1. The molecule has 2 N–H and O–H groups in total. The number of hydrogen-bond donors (Lipinski definition) is 2. The summed E-state index contributed by atoms with van der Waals surface area (Å²) >= 11 is 0. The smallest absolute Gasteiger partial charge is 0.265 e. The number of carbonyl (C=O) groups is 2. The lowest BCUT2D eigenvalue weighted by atomic mass is 10.2. The summed E-state index contributed by atoms with van der Waals surface area (Å²) < 4.78 is 5.27. The van der Waals surface area contributed by atoms with E-state index in [4.69, 9.17) is 4.74 Å². The summed E-state index contributed by atoms with van der Waals surface area (Å²) in [7, 11) is 0. The summed E-state index contributed by atoms with van der Waals surface area (Å²) in [5, 5.41) is 12.2. The molecule has 1 aromatic heterocycles. The second kappa shape index (κ2) is 5.72. The van der Waals surface area contributed by atoms with E-state index in [1.807, 2.05) is 0 Å². The highest BCUT2D eigenvalue weighted by atomic mass is 16.5. The Hall–Kier alpha value is -3.09. The first kappa shape index (κ1) is 13.9. The van der Waals surface area contributed by atoms with E-state index in [1.165, 1.54) is 17.0 Å². The Bertz CT molecular complexity index is 718. The maximum absolute atomic E-state index is 12.1. The Kier molecular flexibility index (Phi) is 3.61. The van der Waals surface area contributed by atoms with Crippen LogP contribution in [0.3, 0.4) is 0 Å². The van der Waals surface area contributed by atoms with Crippen LogP contribution in [0.2, 0.25) is 0 Å². The molecule has 1 aliphatic rings. The van der Waals surface area contributed by atoms with Gasteiger partial charge in [0.15, 0.2) is 6.61 Å². The minimum absolute atomic E-state index is 0.00724. The zero-order chi connectivity index (χ0) is 15.5. The van der Waals surface area contributed by atoms with Gasteiger partial charge in [0.1, 0.15) is 23.9 Å². The van der Waals surface area contributed by atoms with Crippen LogP contribution in [0.4, 0.5) is 11.5 Å². The minimum atomic E-state index is -0.386. The zero-order valence-corrected chi connectivity index (χ0v) is 11.5. The molecule has 7 heteroatoms. The third-order valence-electron chi connectivity index (χ3n) is 3.12. The number of amides is 2. The number of rotatable bonds is 3. The topological polar surface area (TPSA) is 91.8 Å². The molecule has 0 unspecified atom stereocenters. The lowest BCUT2D eigenvalue weighted by molar-refractivity contribution is -0.123. The van der Waals surface area contributed by atoms with Crippen LogP contribution in [0, 0.1) is 0 Å². The number of anilines is 2. The van der Waals surface area contributed by atoms with E-state index in [9.17, 15) is 14.7 Å². The van der Waals surface area contributed by atoms with Crippen molar-refractivity contribution < 1.29 is 19.4 Å². The highest BCUT2D eigenvalue weighted by molar-refractivity contribution is 6.04. The number of nitrogens with one attached hydrogen (secondary N) is 1. The van der Waals surface area contributed by atoms with Crippen molar-refractivity contribution in [2.24, 2.45) is 0 Å². The summed E-state index contributed by atoms with van der Waals surface area (Å²) in [6, 6.07) is 9.54. The number of carbonyl (C=O) groups excluding carboxylic acids is 2. The normalized spacial score (nSPS) is 13.3. The van der Waals surface area contributed by atoms with Gasteiger partial charge in [0.2, 0.25) is 5.91 Å². The maximum atomic E-state index is 12.1. The number of nitrogens with zero attached hydrogens (tertiary/aromatic N) is 2. The molecule has 0 spiro atoms. The van der Waals surface area contributed by atoms with Crippen LogP contribution in [-0.2, 0) is 9.59 Å². The number of phenolic OH excluding ortho intramolecular Hbond substituents is 1. The minimum Gasteiger partial charge on any atom is -0.508 e. The molecule has 112 valence electrons. The molecular formula is C15H13N3O4. The van der Waals surface area contributed by atoms with E-state index in [2.05, 4.69) is 10.3 Å². The van der Waals surface area contributed by atoms with Gasteiger partial charge in [-0.1, -0.05) is 6.07 Å². The number of fused-ring (bicyclic) bond motifs is 1. The van der Waals surface area contributed by atoms with Gasteiger partial charge >= 0.3 is 0 Å². The van der Waals surface area contributed by atoms with Crippen LogP contribution in [0.25, 0.3) is 0 Å². The van der Waals surface area contributed by atoms with Gasteiger partial charge in [-0.3, -0.25) is 14.5 Å². The van der Waals surface area contributed by atoms with Gasteiger partial charge in [0.05, 0.1) is 5.69 Å². The Morgan fingerprint density at radius 3 is 3.00 bits per heavy atom. The number of hydrogen-bond acceptors (Lipinski definition) is 5. The van der Waals surface area contributed by atoms with Crippen LogP contribution in [0.1, 0.15) is 0 Å². The first-order chi connectivity index (χ1) is 10.6. The molecular weight excluding hydrogens is 286 g/mol. The largest absolute Gasteiger partial charge is 0.508 e. The van der Waals surface area contributed by atoms with Gasteiger partial charge in [-0.25, -0.2) is 4.98 Å². The van der Waals surface area contributed by atoms with Crippen molar-refractivity contribution in [2.45, 2.75) is 0 Å². The third kappa shape index (κ3) is 2.83. The van der Waals surface area contributed by atoms with Crippen LogP contribution in [0.5, 0.6) is 11.5 Å². The van der Waals surface area contributed by atoms with Crippen molar-refractivity contribution in [1.29, 1.82) is 0 Å². The van der Waals surface area contributed by atoms with Crippen molar-refractivity contribution in [3.05, 3.63) is 42.6 Å². The second-order valence-corrected chi connectivity index (χ2v) is 4.68. The Labute approximate surface area is 126 Å². The van der Waals surface area contributed by atoms with Crippen molar-refractivity contribution >= 4 is 23.3 Å². The molecule has 22 heavy (non-hydrogen) atoms. The number of pyridine rings is 1. The molecule has 3 rings (SSSR count). The Balaban J connectivity index is 1.78. The van der Waals surface area contributed by atoms with Gasteiger partial charge in [0.25, 0.3) is 5.91 Å². The van der Waals surface area contributed by atoms with Crippen molar-refractivity contribution in [3.63, 3.8) is 0 Å². The Morgan fingerprint density at radius 1 is 1.36 bits per heavy atom. The van der Waals surface area contributed by atoms with Gasteiger partial charge < -0.3 is 15.2 Å². The average Bonchev–Trinajstić information content (AvgIpc) is 2.51. The summed E-state index contributed by atoms with van der Waals surface area (Å²) in [6.07, 6.45) is 1.56. The monoisotopic (exact) mass is 299 g/mol. The average molecular weight is 299 g/mol. The molecule has 0 atom stereocenters. The molecule has 0 bridgehead atoms. The lowest BCUT2D eigenvalue weighted by Gasteiger charge is -2.28. The third-order valence-corrected chi connectivity index (χ3v) is 3.12. The second-order valence-electron chi connectivity index (χ2n) is 4.68. The summed E-state index contributed by atoms with van der Waals surface area (Å²) in [6.45, 7) is -0.330. The quantitative estimate of drug-likeness (QED) is 0.887. The van der Waals surface area contributed by atoms with Crippen LogP contribution in [0.15, 0.2) is 42.6 Å². The fourth-order valence-electron chi connectivity index (χ4n) is 2.13. The van der Waals surface area contributed by atoms with E-state index in [1.54, 1.807) is 30.5 Å². The molecule has 0 saturated heterocycles. The SMILES string of the molecule is O=C(CN1C(=O)COc2ccc(O)cc21)Nc1ccccn1. The predicted octanol–water partition coefficient (Wildman–Crippen LogP) is 1.15. The highest BCUT2D eigenvalue weighted by Gasteiger charge is 2.27. The van der Waals surface area contributed by atoms with E-state index in [-0.39, 0.29) is 30.7 Å². The number of aromatic hydroxyl groups is 1.